The minimum atomic E-state index is -2.12. The molecule has 9 N–H and O–H groups in total. The zero-order valence-electron chi connectivity index (χ0n) is 17.7. The fourth-order valence-corrected chi connectivity index (χ4v) is 3.24. The SMILES string of the molecule is C=Cc1ccc(CNC(=O)[C@H](O)[C@H](O)[C@H](O[C@@H]2O[C@H](CO)[C@H](O)[C@H](O)[C@H]2O)[C@H](O)CO)cc1. The van der Waals surface area contributed by atoms with Crippen LogP contribution in [0.4, 0.5) is 0 Å². The van der Waals surface area contributed by atoms with Crippen LogP contribution in [0.15, 0.2) is 30.8 Å². The van der Waals surface area contributed by atoms with Crippen LogP contribution in [0.1, 0.15) is 11.1 Å². The predicted octanol–water partition coefficient (Wildman–Crippen LogP) is -3.79. The van der Waals surface area contributed by atoms with Crippen molar-refractivity contribution in [2.45, 2.75) is 61.7 Å². The number of rotatable bonds is 11. The van der Waals surface area contributed by atoms with Gasteiger partial charge >= 0.3 is 0 Å². The van der Waals surface area contributed by atoms with Crippen LogP contribution < -0.4 is 5.32 Å². The molecule has 0 spiro atoms. The van der Waals surface area contributed by atoms with Crippen LogP contribution in [0.25, 0.3) is 6.08 Å². The molecular formula is C21H31NO11. The summed E-state index contributed by atoms with van der Waals surface area (Å²) in [5.74, 6) is -1.01. The molecule has 186 valence electrons. The van der Waals surface area contributed by atoms with Crippen molar-refractivity contribution in [1.29, 1.82) is 0 Å². The minimum absolute atomic E-state index is 0.0147. The van der Waals surface area contributed by atoms with E-state index in [4.69, 9.17) is 9.47 Å². The highest BCUT2D eigenvalue weighted by Crippen LogP contribution is 2.25. The van der Waals surface area contributed by atoms with Crippen LogP contribution in [0.5, 0.6) is 0 Å². The first-order valence-corrected chi connectivity index (χ1v) is 10.2. The topological polar surface area (TPSA) is 209 Å². The lowest BCUT2D eigenvalue weighted by molar-refractivity contribution is -0.326. The highest BCUT2D eigenvalue weighted by Gasteiger charge is 2.47. The molecule has 1 fully saturated rings. The molecule has 0 aliphatic carbocycles. The third kappa shape index (κ3) is 6.77. The molecule has 1 heterocycles. The van der Waals surface area contributed by atoms with E-state index in [9.17, 15) is 45.6 Å². The number of carbonyl (C=O) groups excluding carboxylic acids is 1. The van der Waals surface area contributed by atoms with Gasteiger partial charge in [0.25, 0.3) is 5.91 Å². The van der Waals surface area contributed by atoms with Gasteiger partial charge in [-0.3, -0.25) is 4.79 Å². The maximum atomic E-state index is 12.3. The van der Waals surface area contributed by atoms with Gasteiger partial charge in [0.15, 0.2) is 12.4 Å². The average molecular weight is 473 g/mol. The normalized spacial score (nSPS) is 29.0. The fraction of sp³-hybridized carbons (Fsp3) is 0.571. The van der Waals surface area contributed by atoms with E-state index >= 15 is 0 Å². The van der Waals surface area contributed by atoms with Crippen molar-refractivity contribution in [1.82, 2.24) is 5.32 Å². The van der Waals surface area contributed by atoms with Crippen molar-refractivity contribution >= 4 is 12.0 Å². The van der Waals surface area contributed by atoms with Crippen LogP contribution in [0, 0.1) is 0 Å². The maximum Gasteiger partial charge on any atom is 0.251 e. The zero-order valence-corrected chi connectivity index (χ0v) is 17.7. The molecule has 1 aliphatic heterocycles. The van der Waals surface area contributed by atoms with Gasteiger partial charge in [0.1, 0.15) is 42.7 Å². The standard InChI is InChI=1S/C21H31NO11/c1-2-10-3-5-11(6-4-10)7-22-20(31)17(29)16(28)19(12(25)8-23)33-21-18(30)15(27)14(26)13(9-24)32-21/h2-6,12-19,21,23-30H,1,7-9H2,(H,22,31)/t12-,13-,14+,15+,16+,17-,18-,19-,21+/m1/s1. The van der Waals surface area contributed by atoms with E-state index in [0.29, 0.717) is 5.56 Å². The molecule has 12 heteroatoms. The summed E-state index contributed by atoms with van der Waals surface area (Å²) in [5, 5.41) is 81.5. The second kappa shape index (κ2) is 12.5. The van der Waals surface area contributed by atoms with Crippen LogP contribution in [-0.4, -0.2) is 115 Å². The smallest absolute Gasteiger partial charge is 0.251 e. The van der Waals surface area contributed by atoms with Gasteiger partial charge in [0.05, 0.1) is 13.2 Å². The molecule has 1 aromatic carbocycles. The number of aliphatic hydroxyl groups excluding tert-OH is 8. The largest absolute Gasteiger partial charge is 0.394 e. The summed E-state index contributed by atoms with van der Waals surface area (Å²) in [5.41, 5.74) is 1.56. The summed E-state index contributed by atoms with van der Waals surface area (Å²) in [4.78, 5) is 12.3. The summed E-state index contributed by atoms with van der Waals surface area (Å²) in [6.07, 6.45) is -14.7. The van der Waals surface area contributed by atoms with Crippen molar-refractivity contribution < 1.29 is 55.1 Å². The number of hydrogen-bond donors (Lipinski definition) is 9. The third-order valence-corrected chi connectivity index (χ3v) is 5.32. The highest BCUT2D eigenvalue weighted by atomic mass is 16.7. The van der Waals surface area contributed by atoms with Crippen molar-refractivity contribution in [2.24, 2.45) is 0 Å². The molecule has 0 unspecified atom stereocenters. The van der Waals surface area contributed by atoms with Crippen LogP contribution >= 0.6 is 0 Å². The molecule has 1 amide bonds. The number of carbonyl (C=O) groups is 1. The molecule has 2 rings (SSSR count). The van der Waals surface area contributed by atoms with Crippen LogP contribution in [0.3, 0.4) is 0 Å². The number of nitrogens with one attached hydrogen (secondary N) is 1. The Labute approximate surface area is 190 Å². The number of benzene rings is 1. The average Bonchev–Trinajstić information content (AvgIpc) is 2.84. The lowest BCUT2D eigenvalue weighted by Gasteiger charge is -2.42. The van der Waals surface area contributed by atoms with Gasteiger partial charge in [-0.25, -0.2) is 0 Å². The summed E-state index contributed by atoms with van der Waals surface area (Å²) < 4.78 is 10.4. The second-order valence-corrected chi connectivity index (χ2v) is 7.65. The Morgan fingerprint density at radius 2 is 1.73 bits per heavy atom. The predicted molar refractivity (Wildman–Crippen MR) is 112 cm³/mol. The molecule has 0 saturated carbocycles. The molecular weight excluding hydrogens is 442 g/mol. The lowest BCUT2D eigenvalue weighted by Crippen LogP contribution is -2.62. The van der Waals surface area contributed by atoms with Crippen molar-refractivity contribution in [3.63, 3.8) is 0 Å². The molecule has 0 radical (unpaired) electrons. The summed E-state index contributed by atoms with van der Waals surface area (Å²) in [6, 6.07) is 6.98. The van der Waals surface area contributed by atoms with E-state index in [1.165, 1.54) is 0 Å². The van der Waals surface area contributed by atoms with E-state index in [1.54, 1.807) is 30.3 Å². The molecule has 0 aromatic heterocycles. The van der Waals surface area contributed by atoms with Crippen molar-refractivity contribution in [2.75, 3.05) is 13.2 Å². The summed E-state index contributed by atoms with van der Waals surface area (Å²) >= 11 is 0. The van der Waals surface area contributed by atoms with E-state index in [-0.39, 0.29) is 6.54 Å². The molecule has 1 aromatic rings. The third-order valence-electron chi connectivity index (χ3n) is 5.32. The van der Waals surface area contributed by atoms with E-state index in [2.05, 4.69) is 11.9 Å². The molecule has 9 atom stereocenters. The first-order chi connectivity index (χ1) is 15.6. The Kier molecular flexibility index (Phi) is 10.3. The first kappa shape index (κ1) is 27.3. The van der Waals surface area contributed by atoms with Crippen LogP contribution in [0.2, 0.25) is 0 Å². The van der Waals surface area contributed by atoms with Gasteiger partial charge in [-0.1, -0.05) is 36.9 Å². The quantitative estimate of drug-likeness (QED) is 0.152. The van der Waals surface area contributed by atoms with E-state index in [0.717, 1.165) is 5.56 Å². The number of aliphatic hydroxyl groups is 8. The highest BCUT2D eigenvalue weighted by molar-refractivity contribution is 5.81. The van der Waals surface area contributed by atoms with Gasteiger partial charge in [-0.15, -0.1) is 0 Å². The van der Waals surface area contributed by atoms with Gasteiger partial charge in [0.2, 0.25) is 0 Å². The Hall–Kier alpha value is -1.97. The lowest BCUT2D eigenvalue weighted by atomic mass is 9.98. The number of hydrogen-bond acceptors (Lipinski definition) is 11. The number of ether oxygens (including phenoxy) is 2. The van der Waals surface area contributed by atoms with Gasteiger partial charge in [-0.05, 0) is 11.1 Å². The Balaban J connectivity index is 2.06. The van der Waals surface area contributed by atoms with Gasteiger partial charge in [0, 0.05) is 6.54 Å². The maximum absolute atomic E-state index is 12.3. The minimum Gasteiger partial charge on any atom is -0.394 e. The first-order valence-electron chi connectivity index (χ1n) is 10.2. The zero-order chi connectivity index (χ0) is 24.7. The Morgan fingerprint density at radius 1 is 1.09 bits per heavy atom. The molecule has 12 nitrogen and oxygen atoms in total. The van der Waals surface area contributed by atoms with Crippen LogP contribution in [-0.2, 0) is 20.8 Å². The Bertz CT molecular complexity index is 759. The number of amides is 1. The fourth-order valence-electron chi connectivity index (χ4n) is 3.24. The Morgan fingerprint density at radius 3 is 2.27 bits per heavy atom. The summed E-state index contributed by atoms with van der Waals surface area (Å²) in [6.45, 7) is 1.94. The molecule has 1 aliphatic rings. The molecule has 0 bridgehead atoms. The second-order valence-electron chi connectivity index (χ2n) is 7.65. The monoisotopic (exact) mass is 473 g/mol. The molecule has 1 saturated heterocycles. The van der Waals surface area contributed by atoms with Crippen molar-refractivity contribution in [3.05, 3.63) is 42.0 Å². The van der Waals surface area contributed by atoms with E-state index < -0.39 is 74.2 Å². The van der Waals surface area contributed by atoms with Crippen molar-refractivity contribution in [3.8, 4) is 0 Å². The molecule has 33 heavy (non-hydrogen) atoms. The summed E-state index contributed by atoms with van der Waals surface area (Å²) in [7, 11) is 0. The van der Waals surface area contributed by atoms with Gasteiger partial charge < -0.3 is 55.6 Å². The van der Waals surface area contributed by atoms with E-state index in [1.807, 2.05) is 0 Å². The van der Waals surface area contributed by atoms with Gasteiger partial charge in [-0.2, -0.15) is 0 Å².